The minimum absolute atomic E-state index is 0.181. The van der Waals surface area contributed by atoms with Crippen LogP contribution in [0.15, 0.2) is 24.8 Å². The van der Waals surface area contributed by atoms with Crippen LogP contribution in [0.5, 0.6) is 0 Å². The van der Waals surface area contributed by atoms with Gasteiger partial charge in [0, 0.05) is 6.04 Å². The lowest BCUT2D eigenvalue weighted by Gasteiger charge is -2.13. The van der Waals surface area contributed by atoms with Crippen LogP contribution in [0, 0.1) is 0 Å². The van der Waals surface area contributed by atoms with E-state index in [1.54, 1.807) is 6.08 Å². The fraction of sp³-hybridized carbons (Fsp3) is 0.273. The topological polar surface area (TPSA) is 26.0 Å². The summed E-state index contributed by atoms with van der Waals surface area (Å²) in [7, 11) is 0. The molecule has 1 rings (SSSR count). The summed E-state index contributed by atoms with van der Waals surface area (Å²) >= 11 is 11.8. The molecular weight excluding hydrogens is 217 g/mol. The molecule has 76 valence electrons. The third-order valence-electron chi connectivity index (χ3n) is 2.18. The van der Waals surface area contributed by atoms with Crippen LogP contribution in [-0.4, -0.2) is 0 Å². The lowest BCUT2D eigenvalue weighted by Crippen LogP contribution is -2.09. The van der Waals surface area contributed by atoms with Crippen molar-refractivity contribution in [3.8, 4) is 0 Å². The van der Waals surface area contributed by atoms with E-state index in [9.17, 15) is 0 Å². The zero-order valence-electron chi connectivity index (χ0n) is 8.06. The van der Waals surface area contributed by atoms with E-state index in [1.807, 2.05) is 12.1 Å². The van der Waals surface area contributed by atoms with Gasteiger partial charge in [-0.15, -0.1) is 6.58 Å². The van der Waals surface area contributed by atoms with E-state index < -0.39 is 0 Å². The fourth-order valence-electron chi connectivity index (χ4n) is 1.35. The summed E-state index contributed by atoms with van der Waals surface area (Å²) in [6.45, 7) is 5.72. The molecule has 0 aliphatic heterocycles. The normalized spacial score (nSPS) is 12.6. The molecule has 0 aliphatic rings. The van der Waals surface area contributed by atoms with Gasteiger partial charge in [-0.05, 0) is 29.7 Å². The summed E-state index contributed by atoms with van der Waals surface area (Å²) in [5, 5.41) is 1.11. The van der Waals surface area contributed by atoms with Crippen molar-refractivity contribution in [1.29, 1.82) is 0 Å². The number of hydrogen-bond acceptors (Lipinski definition) is 1. The van der Waals surface area contributed by atoms with Crippen molar-refractivity contribution in [2.75, 3.05) is 0 Å². The summed E-state index contributed by atoms with van der Waals surface area (Å²) in [4.78, 5) is 0. The van der Waals surface area contributed by atoms with E-state index in [0.29, 0.717) is 10.0 Å². The molecule has 0 fully saturated rings. The molecule has 1 aromatic rings. The lowest BCUT2D eigenvalue weighted by atomic mass is 9.99. The number of benzene rings is 1. The van der Waals surface area contributed by atoms with Gasteiger partial charge in [0.05, 0.1) is 10.0 Å². The predicted octanol–water partition coefficient (Wildman–Crippen LogP) is 3.74. The van der Waals surface area contributed by atoms with Crippen LogP contribution in [0.25, 0.3) is 0 Å². The van der Waals surface area contributed by atoms with Gasteiger partial charge >= 0.3 is 0 Å². The largest absolute Gasteiger partial charge is 0.321 e. The third-order valence-corrected chi connectivity index (χ3v) is 2.90. The zero-order valence-corrected chi connectivity index (χ0v) is 9.57. The minimum atomic E-state index is -0.181. The maximum absolute atomic E-state index is 5.92. The molecule has 0 bridgehead atoms. The summed E-state index contributed by atoms with van der Waals surface area (Å²) in [6.07, 6.45) is 2.58. The second-order valence-corrected chi connectivity index (χ2v) is 3.89. The number of aryl methyl sites for hydroxylation is 1. The summed E-state index contributed by atoms with van der Waals surface area (Å²) < 4.78 is 0. The van der Waals surface area contributed by atoms with E-state index in [4.69, 9.17) is 28.9 Å². The number of hydrogen-bond donors (Lipinski definition) is 1. The Hall–Kier alpha value is -0.500. The SMILES string of the molecule is C=CC(N)c1cc(Cl)c(Cl)cc1CC. The van der Waals surface area contributed by atoms with Crippen LogP contribution >= 0.6 is 23.2 Å². The zero-order chi connectivity index (χ0) is 10.7. The van der Waals surface area contributed by atoms with Crippen LogP contribution in [0.4, 0.5) is 0 Å². The van der Waals surface area contributed by atoms with E-state index in [-0.39, 0.29) is 6.04 Å². The van der Waals surface area contributed by atoms with Crippen LogP contribution < -0.4 is 5.73 Å². The predicted molar refractivity (Wildman–Crippen MR) is 63.0 cm³/mol. The Morgan fingerprint density at radius 1 is 1.43 bits per heavy atom. The maximum atomic E-state index is 5.92. The van der Waals surface area contributed by atoms with Crippen LogP contribution in [0.3, 0.4) is 0 Å². The number of rotatable bonds is 3. The van der Waals surface area contributed by atoms with Gasteiger partial charge in [-0.25, -0.2) is 0 Å². The number of nitrogens with two attached hydrogens (primary N) is 1. The molecule has 3 heteroatoms. The molecule has 0 aromatic heterocycles. The molecule has 1 nitrogen and oxygen atoms in total. The molecule has 0 spiro atoms. The minimum Gasteiger partial charge on any atom is -0.321 e. The highest BCUT2D eigenvalue weighted by Gasteiger charge is 2.10. The van der Waals surface area contributed by atoms with Crippen molar-refractivity contribution >= 4 is 23.2 Å². The Labute approximate surface area is 94.5 Å². The second-order valence-electron chi connectivity index (χ2n) is 3.08. The Morgan fingerprint density at radius 2 is 2.00 bits per heavy atom. The molecule has 0 heterocycles. The lowest BCUT2D eigenvalue weighted by molar-refractivity contribution is 0.886. The molecular formula is C11H13Cl2N. The van der Waals surface area contributed by atoms with Crippen molar-refractivity contribution < 1.29 is 0 Å². The van der Waals surface area contributed by atoms with Gasteiger partial charge in [-0.3, -0.25) is 0 Å². The summed E-state index contributed by atoms with van der Waals surface area (Å²) in [5.41, 5.74) is 7.98. The van der Waals surface area contributed by atoms with Gasteiger partial charge < -0.3 is 5.73 Å². The van der Waals surface area contributed by atoms with Gasteiger partial charge in [0.2, 0.25) is 0 Å². The van der Waals surface area contributed by atoms with Crippen molar-refractivity contribution in [3.63, 3.8) is 0 Å². The summed E-state index contributed by atoms with van der Waals surface area (Å²) in [5.74, 6) is 0. The van der Waals surface area contributed by atoms with Gasteiger partial charge in [0.15, 0.2) is 0 Å². The molecule has 0 amide bonds. The third kappa shape index (κ3) is 2.30. The first-order valence-corrected chi connectivity index (χ1v) is 5.21. The van der Waals surface area contributed by atoms with E-state index in [0.717, 1.165) is 17.5 Å². The van der Waals surface area contributed by atoms with Crippen LogP contribution in [-0.2, 0) is 6.42 Å². The standard InChI is InChI=1S/C11H13Cl2N/c1-3-7-5-9(12)10(13)6-8(7)11(14)4-2/h4-6,11H,2-3,14H2,1H3. The quantitative estimate of drug-likeness (QED) is 0.786. The van der Waals surface area contributed by atoms with E-state index in [1.165, 1.54) is 0 Å². The average molecular weight is 230 g/mol. The first-order valence-electron chi connectivity index (χ1n) is 4.46. The van der Waals surface area contributed by atoms with Crippen LogP contribution in [0.2, 0.25) is 10.0 Å². The van der Waals surface area contributed by atoms with Gasteiger partial charge in [-0.2, -0.15) is 0 Å². The van der Waals surface area contributed by atoms with Gasteiger partial charge in [0.1, 0.15) is 0 Å². The molecule has 1 atom stereocenters. The first-order chi connectivity index (χ1) is 6.60. The smallest absolute Gasteiger partial charge is 0.0595 e. The Balaban J connectivity index is 3.26. The Bertz CT molecular complexity index is 347. The fourth-order valence-corrected chi connectivity index (χ4v) is 1.71. The molecule has 0 aliphatic carbocycles. The monoisotopic (exact) mass is 229 g/mol. The molecule has 2 N–H and O–H groups in total. The average Bonchev–Trinajstić information content (AvgIpc) is 2.20. The van der Waals surface area contributed by atoms with Crippen molar-refractivity contribution in [2.45, 2.75) is 19.4 Å². The first kappa shape index (κ1) is 11.6. The van der Waals surface area contributed by atoms with Crippen LogP contribution in [0.1, 0.15) is 24.1 Å². The number of halogens is 2. The Morgan fingerprint density at radius 3 is 2.50 bits per heavy atom. The second kappa shape index (κ2) is 4.83. The van der Waals surface area contributed by atoms with E-state index >= 15 is 0 Å². The molecule has 1 unspecified atom stereocenters. The van der Waals surface area contributed by atoms with Crippen molar-refractivity contribution in [2.24, 2.45) is 5.73 Å². The highest BCUT2D eigenvalue weighted by molar-refractivity contribution is 6.42. The molecule has 0 saturated carbocycles. The maximum Gasteiger partial charge on any atom is 0.0595 e. The van der Waals surface area contributed by atoms with Gasteiger partial charge in [-0.1, -0.05) is 36.2 Å². The van der Waals surface area contributed by atoms with Crippen molar-refractivity contribution in [1.82, 2.24) is 0 Å². The highest BCUT2D eigenvalue weighted by atomic mass is 35.5. The molecule has 14 heavy (non-hydrogen) atoms. The highest BCUT2D eigenvalue weighted by Crippen LogP contribution is 2.29. The molecule has 1 aromatic carbocycles. The van der Waals surface area contributed by atoms with Crippen molar-refractivity contribution in [3.05, 3.63) is 46.0 Å². The van der Waals surface area contributed by atoms with E-state index in [2.05, 4.69) is 13.5 Å². The summed E-state index contributed by atoms with van der Waals surface area (Å²) in [6, 6.07) is 3.50. The van der Waals surface area contributed by atoms with Gasteiger partial charge in [0.25, 0.3) is 0 Å². The molecule has 0 saturated heterocycles. The molecule has 0 radical (unpaired) electrons. The Kier molecular flexibility index (Phi) is 3.99.